The molecule has 0 radical (unpaired) electrons. The normalized spacial score (nSPS) is 34.2. The van der Waals surface area contributed by atoms with Crippen molar-refractivity contribution in [3.8, 4) is 0 Å². The van der Waals surface area contributed by atoms with Crippen LogP contribution < -0.4 is 5.73 Å². The molecule has 2 aliphatic rings. The summed E-state index contributed by atoms with van der Waals surface area (Å²) in [6, 6.07) is 9.04. The molecule has 0 heterocycles. The Labute approximate surface area is 104 Å². The van der Waals surface area contributed by atoms with Gasteiger partial charge in [0.1, 0.15) is 0 Å². The molecule has 0 amide bonds. The van der Waals surface area contributed by atoms with E-state index in [9.17, 15) is 0 Å². The first-order valence-electron chi connectivity index (χ1n) is 6.94. The van der Waals surface area contributed by atoms with Crippen molar-refractivity contribution in [1.82, 2.24) is 0 Å². The van der Waals surface area contributed by atoms with E-state index in [0.29, 0.717) is 5.41 Å². The Morgan fingerprint density at radius 2 is 2.06 bits per heavy atom. The minimum Gasteiger partial charge on any atom is -0.330 e. The zero-order valence-electron chi connectivity index (χ0n) is 10.9. The Kier molecular flexibility index (Phi) is 2.55. The molecular weight excluding hydrogens is 206 g/mol. The Morgan fingerprint density at radius 3 is 2.76 bits per heavy atom. The summed E-state index contributed by atoms with van der Waals surface area (Å²) in [5.41, 5.74) is 9.59. The highest BCUT2D eigenvalue weighted by atomic mass is 14.7. The lowest BCUT2D eigenvalue weighted by molar-refractivity contribution is 0.433. The molecule has 0 spiro atoms. The Morgan fingerprint density at radius 1 is 1.29 bits per heavy atom. The number of benzene rings is 1. The van der Waals surface area contributed by atoms with Gasteiger partial charge in [-0.1, -0.05) is 38.1 Å². The van der Waals surface area contributed by atoms with Crippen LogP contribution in [0.1, 0.15) is 43.7 Å². The molecule has 92 valence electrons. The highest BCUT2D eigenvalue weighted by Gasteiger charge is 2.59. The van der Waals surface area contributed by atoms with E-state index < -0.39 is 0 Å². The van der Waals surface area contributed by atoms with Crippen molar-refractivity contribution in [3.63, 3.8) is 0 Å². The van der Waals surface area contributed by atoms with Crippen LogP contribution in [0.25, 0.3) is 0 Å². The zero-order valence-corrected chi connectivity index (χ0v) is 10.9. The standard InChI is InChI=1S/C16H23N/c1-16(2)14(10-17)15(16)13-9-5-7-11-6-3-4-8-12(11)13/h3-4,6,8,13-15H,5,7,9-10,17H2,1-2H3/t13?,14-,15-/m1/s1. The maximum absolute atomic E-state index is 5.93. The van der Waals surface area contributed by atoms with Crippen molar-refractivity contribution in [3.05, 3.63) is 35.4 Å². The van der Waals surface area contributed by atoms with Crippen molar-refractivity contribution in [2.24, 2.45) is 23.0 Å². The predicted molar refractivity (Wildman–Crippen MR) is 71.9 cm³/mol. The van der Waals surface area contributed by atoms with Gasteiger partial charge in [0, 0.05) is 0 Å². The molecule has 1 heteroatoms. The van der Waals surface area contributed by atoms with E-state index in [2.05, 4.69) is 38.1 Å². The molecule has 0 saturated heterocycles. The second-order valence-electron chi connectivity index (χ2n) is 6.39. The monoisotopic (exact) mass is 229 g/mol. The first-order chi connectivity index (χ1) is 8.16. The predicted octanol–water partition coefficient (Wildman–Crippen LogP) is 3.34. The summed E-state index contributed by atoms with van der Waals surface area (Å²) >= 11 is 0. The molecule has 0 aromatic heterocycles. The van der Waals surface area contributed by atoms with E-state index in [4.69, 9.17) is 5.73 Å². The van der Waals surface area contributed by atoms with Gasteiger partial charge in [0.05, 0.1) is 0 Å². The van der Waals surface area contributed by atoms with Gasteiger partial charge < -0.3 is 5.73 Å². The van der Waals surface area contributed by atoms with E-state index in [1.54, 1.807) is 11.1 Å². The molecule has 0 aliphatic heterocycles. The average molecular weight is 229 g/mol. The quantitative estimate of drug-likeness (QED) is 0.827. The molecule has 3 atom stereocenters. The number of hydrogen-bond acceptors (Lipinski definition) is 1. The van der Waals surface area contributed by atoms with Crippen LogP contribution in [0, 0.1) is 17.3 Å². The summed E-state index contributed by atoms with van der Waals surface area (Å²) < 4.78 is 0. The molecule has 1 aromatic carbocycles. The SMILES string of the molecule is CC1(C)[C@H](CN)[C@H]1C1CCCc2ccccc21. The summed E-state index contributed by atoms with van der Waals surface area (Å²) in [4.78, 5) is 0. The van der Waals surface area contributed by atoms with E-state index in [1.165, 1.54) is 19.3 Å². The van der Waals surface area contributed by atoms with Crippen LogP contribution in [0.3, 0.4) is 0 Å². The molecule has 1 saturated carbocycles. The first-order valence-corrected chi connectivity index (χ1v) is 6.94. The largest absolute Gasteiger partial charge is 0.330 e. The Bertz CT molecular complexity index is 421. The summed E-state index contributed by atoms with van der Waals surface area (Å²) in [6.07, 6.45) is 3.99. The minimum absolute atomic E-state index is 0.462. The maximum atomic E-state index is 5.93. The van der Waals surface area contributed by atoms with Crippen LogP contribution in [0.2, 0.25) is 0 Å². The van der Waals surface area contributed by atoms with Gasteiger partial charge in [-0.3, -0.25) is 0 Å². The molecular formula is C16H23N. The third-order valence-electron chi connectivity index (χ3n) is 5.24. The topological polar surface area (TPSA) is 26.0 Å². The summed E-state index contributed by atoms with van der Waals surface area (Å²) in [5.74, 6) is 2.32. The van der Waals surface area contributed by atoms with Crippen LogP contribution in [0.5, 0.6) is 0 Å². The molecule has 2 aliphatic carbocycles. The molecule has 2 N–H and O–H groups in total. The fourth-order valence-corrected chi connectivity index (χ4v) is 4.20. The van der Waals surface area contributed by atoms with Gasteiger partial charge in [0.25, 0.3) is 0 Å². The highest BCUT2D eigenvalue weighted by Crippen LogP contribution is 2.65. The third kappa shape index (κ3) is 1.63. The second kappa shape index (κ2) is 3.84. The van der Waals surface area contributed by atoms with Crippen molar-refractivity contribution >= 4 is 0 Å². The summed E-state index contributed by atoms with van der Waals surface area (Å²) in [7, 11) is 0. The molecule has 1 nitrogen and oxygen atoms in total. The van der Waals surface area contributed by atoms with Crippen LogP contribution in [0.15, 0.2) is 24.3 Å². The number of hydrogen-bond donors (Lipinski definition) is 1. The maximum Gasteiger partial charge on any atom is -0.00406 e. The van der Waals surface area contributed by atoms with E-state index in [-0.39, 0.29) is 0 Å². The molecule has 0 bridgehead atoms. The van der Waals surface area contributed by atoms with Crippen LogP contribution in [-0.4, -0.2) is 6.54 Å². The number of nitrogens with two attached hydrogens (primary N) is 1. The van der Waals surface area contributed by atoms with Crippen molar-refractivity contribution in [1.29, 1.82) is 0 Å². The lowest BCUT2D eigenvalue weighted by Gasteiger charge is -2.27. The van der Waals surface area contributed by atoms with Crippen LogP contribution in [0.4, 0.5) is 0 Å². The Hall–Kier alpha value is -0.820. The first kappa shape index (κ1) is 11.3. The average Bonchev–Trinajstić information content (AvgIpc) is 2.90. The Balaban J connectivity index is 1.92. The highest BCUT2D eigenvalue weighted by molar-refractivity contribution is 5.35. The van der Waals surface area contributed by atoms with Gasteiger partial charge in [0.2, 0.25) is 0 Å². The molecule has 1 fully saturated rings. The summed E-state index contributed by atoms with van der Waals surface area (Å²) in [5, 5.41) is 0. The fourth-order valence-electron chi connectivity index (χ4n) is 4.20. The fraction of sp³-hybridized carbons (Fsp3) is 0.625. The van der Waals surface area contributed by atoms with Crippen molar-refractivity contribution in [2.75, 3.05) is 6.54 Å². The van der Waals surface area contributed by atoms with Gasteiger partial charge in [-0.15, -0.1) is 0 Å². The lowest BCUT2D eigenvalue weighted by atomic mass is 9.78. The van der Waals surface area contributed by atoms with E-state index in [1.807, 2.05) is 0 Å². The second-order valence-corrected chi connectivity index (χ2v) is 6.39. The third-order valence-corrected chi connectivity index (χ3v) is 5.24. The smallest absolute Gasteiger partial charge is 0.00406 e. The van der Waals surface area contributed by atoms with Gasteiger partial charge in [0.15, 0.2) is 0 Å². The zero-order chi connectivity index (χ0) is 12.0. The van der Waals surface area contributed by atoms with E-state index >= 15 is 0 Å². The molecule has 3 rings (SSSR count). The number of fused-ring (bicyclic) bond motifs is 1. The van der Waals surface area contributed by atoms with Gasteiger partial charge in [-0.05, 0) is 60.1 Å². The van der Waals surface area contributed by atoms with Crippen LogP contribution >= 0.6 is 0 Å². The van der Waals surface area contributed by atoms with Crippen molar-refractivity contribution < 1.29 is 0 Å². The van der Waals surface area contributed by atoms with Gasteiger partial charge in [-0.2, -0.15) is 0 Å². The molecule has 1 aromatic rings. The van der Waals surface area contributed by atoms with Gasteiger partial charge >= 0.3 is 0 Å². The van der Waals surface area contributed by atoms with E-state index in [0.717, 1.165) is 24.3 Å². The van der Waals surface area contributed by atoms with Gasteiger partial charge in [-0.25, -0.2) is 0 Å². The molecule has 1 unspecified atom stereocenters. The molecule has 17 heavy (non-hydrogen) atoms. The van der Waals surface area contributed by atoms with Crippen LogP contribution in [-0.2, 0) is 6.42 Å². The number of aryl methyl sites for hydroxylation is 1. The minimum atomic E-state index is 0.462. The number of rotatable bonds is 2. The van der Waals surface area contributed by atoms with Crippen molar-refractivity contribution in [2.45, 2.75) is 39.0 Å². The lowest BCUT2D eigenvalue weighted by Crippen LogP contribution is -2.14. The summed E-state index contributed by atoms with van der Waals surface area (Å²) in [6.45, 7) is 5.65.